The number of para-hydroxylation sites is 2. The predicted molar refractivity (Wildman–Crippen MR) is 107 cm³/mol. The summed E-state index contributed by atoms with van der Waals surface area (Å²) in [6.45, 7) is 6.86. The predicted octanol–water partition coefficient (Wildman–Crippen LogP) is 2.17. The Morgan fingerprint density at radius 1 is 1.00 bits per heavy atom. The van der Waals surface area contributed by atoms with Crippen molar-refractivity contribution in [1.29, 1.82) is 0 Å². The smallest absolute Gasteiger partial charge is 0.246 e. The minimum Gasteiger partial charge on any atom is -1.00 e. The summed E-state index contributed by atoms with van der Waals surface area (Å²) in [5, 5.41) is 0. The number of hydrogen-bond acceptors (Lipinski definition) is 1. The first kappa shape index (κ1) is 21.5. The maximum absolute atomic E-state index is 6.09. The van der Waals surface area contributed by atoms with Gasteiger partial charge in [-0.1, -0.05) is 75.6 Å². The van der Waals surface area contributed by atoms with Gasteiger partial charge in [0.1, 0.15) is 6.54 Å². The highest BCUT2D eigenvalue weighted by Crippen LogP contribution is 2.15. The topological polar surface area (TPSA) is 18.0 Å². The molecule has 146 valence electrons. The van der Waals surface area contributed by atoms with Crippen LogP contribution in [0.3, 0.4) is 0 Å². The second-order valence-corrected chi connectivity index (χ2v) is 7.10. The minimum absolute atomic E-state index is 0. The van der Waals surface area contributed by atoms with E-state index in [9.17, 15) is 0 Å². The number of imidazole rings is 1. The van der Waals surface area contributed by atoms with E-state index in [0.29, 0.717) is 12.6 Å². The molecule has 0 radical (unpaired) electrons. The Morgan fingerprint density at radius 3 is 2.48 bits per heavy atom. The highest BCUT2D eigenvalue weighted by molar-refractivity contribution is 5.71. The SMILES string of the molecule is CCCCC(CC)COCn1c[n+](Cc2ccccc2)c2ccccc21.[Cl-]. The first-order valence-corrected chi connectivity index (χ1v) is 9.90. The molecule has 0 saturated heterocycles. The summed E-state index contributed by atoms with van der Waals surface area (Å²) < 4.78 is 10.6. The first-order valence-electron chi connectivity index (χ1n) is 9.90. The molecule has 0 spiro atoms. The Labute approximate surface area is 169 Å². The Bertz CT molecular complexity index is 801. The van der Waals surface area contributed by atoms with E-state index in [0.717, 1.165) is 13.2 Å². The fourth-order valence-corrected chi connectivity index (χ4v) is 3.47. The number of halogens is 1. The molecule has 0 amide bonds. The molecule has 3 rings (SSSR count). The van der Waals surface area contributed by atoms with Crippen molar-refractivity contribution < 1.29 is 21.7 Å². The molecule has 0 aliphatic carbocycles. The van der Waals surface area contributed by atoms with E-state index >= 15 is 0 Å². The average molecular weight is 387 g/mol. The molecule has 0 saturated carbocycles. The van der Waals surface area contributed by atoms with Crippen LogP contribution >= 0.6 is 0 Å². The van der Waals surface area contributed by atoms with Crippen molar-refractivity contribution in [3.05, 3.63) is 66.5 Å². The van der Waals surface area contributed by atoms with Crippen molar-refractivity contribution in [2.45, 2.75) is 52.8 Å². The highest BCUT2D eigenvalue weighted by atomic mass is 35.5. The normalized spacial score (nSPS) is 12.1. The highest BCUT2D eigenvalue weighted by Gasteiger charge is 2.16. The largest absolute Gasteiger partial charge is 1.00 e. The van der Waals surface area contributed by atoms with E-state index in [4.69, 9.17) is 4.74 Å². The van der Waals surface area contributed by atoms with Crippen molar-refractivity contribution in [3.8, 4) is 0 Å². The van der Waals surface area contributed by atoms with Crippen LogP contribution in [0.1, 0.15) is 45.1 Å². The van der Waals surface area contributed by atoms with Gasteiger partial charge in [-0.25, -0.2) is 9.13 Å². The molecular weight excluding hydrogens is 356 g/mol. The summed E-state index contributed by atoms with van der Waals surface area (Å²) in [6, 6.07) is 19.2. The van der Waals surface area contributed by atoms with Crippen LogP contribution in [0.5, 0.6) is 0 Å². The Kier molecular flexibility index (Phi) is 8.83. The molecule has 1 heterocycles. The van der Waals surface area contributed by atoms with Crippen LogP contribution in [0.15, 0.2) is 60.9 Å². The van der Waals surface area contributed by atoms with Gasteiger partial charge in [0.15, 0.2) is 17.8 Å². The number of hydrogen-bond donors (Lipinski definition) is 0. The second-order valence-electron chi connectivity index (χ2n) is 7.10. The summed E-state index contributed by atoms with van der Waals surface area (Å²) in [5.74, 6) is 0.674. The van der Waals surface area contributed by atoms with Gasteiger partial charge >= 0.3 is 0 Å². The lowest BCUT2D eigenvalue weighted by molar-refractivity contribution is -0.663. The molecule has 3 aromatic rings. The average Bonchev–Trinajstić information content (AvgIpc) is 3.03. The molecule has 1 atom stereocenters. The van der Waals surface area contributed by atoms with E-state index in [1.165, 1.54) is 42.3 Å². The maximum Gasteiger partial charge on any atom is 0.246 e. The first-order chi connectivity index (χ1) is 12.8. The van der Waals surface area contributed by atoms with E-state index in [-0.39, 0.29) is 12.4 Å². The minimum atomic E-state index is 0. The van der Waals surface area contributed by atoms with Gasteiger partial charge in [0, 0.05) is 0 Å². The maximum atomic E-state index is 6.09. The summed E-state index contributed by atoms with van der Waals surface area (Å²) in [6.07, 6.45) is 7.21. The monoisotopic (exact) mass is 386 g/mol. The number of ether oxygens (including phenoxy) is 1. The zero-order valence-corrected chi connectivity index (χ0v) is 17.2. The van der Waals surface area contributed by atoms with Crippen molar-refractivity contribution in [3.63, 3.8) is 0 Å². The quantitative estimate of drug-likeness (QED) is 0.488. The molecule has 1 unspecified atom stereocenters. The number of nitrogens with zero attached hydrogens (tertiary/aromatic N) is 2. The van der Waals surface area contributed by atoms with Crippen LogP contribution in [-0.4, -0.2) is 11.2 Å². The summed E-state index contributed by atoms with van der Waals surface area (Å²) in [7, 11) is 0. The Morgan fingerprint density at radius 2 is 1.74 bits per heavy atom. The molecule has 4 heteroatoms. The van der Waals surface area contributed by atoms with Gasteiger partial charge in [-0.15, -0.1) is 0 Å². The van der Waals surface area contributed by atoms with E-state index in [1.54, 1.807) is 0 Å². The fraction of sp³-hybridized carbons (Fsp3) is 0.435. The lowest BCUT2D eigenvalue weighted by Crippen LogP contribution is -3.00. The van der Waals surface area contributed by atoms with Crippen molar-refractivity contribution in [2.75, 3.05) is 6.61 Å². The number of unbranched alkanes of at least 4 members (excludes halogenated alkanes) is 1. The summed E-state index contributed by atoms with van der Waals surface area (Å²) >= 11 is 0. The second kappa shape index (κ2) is 11.1. The van der Waals surface area contributed by atoms with Crippen LogP contribution in [-0.2, 0) is 18.0 Å². The number of fused-ring (bicyclic) bond motifs is 1. The summed E-state index contributed by atoms with van der Waals surface area (Å²) in [5.41, 5.74) is 3.79. The van der Waals surface area contributed by atoms with Crippen molar-refractivity contribution in [2.24, 2.45) is 5.92 Å². The van der Waals surface area contributed by atoms with E-state index in [2.05, 4.69) is 83.9 Å². The Hall–Kier alpha value is -1.84. The van der Waals surface area contributed by atoms with Crippen LogP contribution < -0.4 is 17.0 Å². The molecule has 0 N–H and O–H groups in total. The van der Waals surface area contributed by atoms with Crippen LogP contribution in [0.25, 0.3) is 11.0 Å². The molecule has 0 bridgehead atoms. The lowest BCUT2D eigenvalue weighted by atomic mass is 10.0. The van der Waals surface area contributed by atoms with Crippen LogP contribution in [0.4, 0.5) is 0 Å². The molecule has 3 nitrogen and oxygen atoms in total. The van der Waals surface area contributed by atoms with Crippen LogP contribution in [0.2, 0.25) is 0 Å². The zero-order valence-electron chi connectivity index (χ0n) is 16.5. The van der Waals surface area contributed by atoms with Crippen LogP contribution in [0, 0.1) is 5.92 Å². The van der Waals surface area contributed by atoms with Gasteiger partial charge in [-0.05, 0) is 30.0 Å². The van der Waals surface area contributed by atoms with Gasteiger partial charge in [0.25, 0.3) is 0 Å². The molecule has 27 heavy (non-hydrogen) atoms. The molecule has 2 aromatic carbocycles. The van der Waals surface area contributed by atoms with Gasteiger partial charge < -0.3 is 17.1 Å². The third-order valence-electron chi connectivity index (χ3n) is 5.10. The Balaban J connectivity index is 0.00000261. The fourth-order valence-electron chi connectivity index (χ4n) is 3.47. The molecule has 0 aliphatic heterocycles. The summed E-state index contributed by atoms with van der Waals surface area (Å²) in [4.78, 5) is 0. The number of rotatable bonds is 10. The number of aromatic nitrogens is 2. The lowest BCUT2D eigenvalue weighted by Gasteiger charge is -2.13. The zero-order chi connectivity index (χ0) is 18.2. The van der Waals surface area contributed by atoms with Gasteiger partial charge in [-0.2, -0.15) is 0 Å². The standard InChI is InChI=1S/C23H31N2O.ClH/c1-3-5-11-20(4-2)17-26-19-25-18-24(16-21-12-7-6-8-13-21)22-14-9-10-15-23(22)25;/h6-10,12-15,18,20H,3-5,11,16-17,19H2,1-2H3;1H/q+1;/p-1. The van der Waals surface area contributed by atoms with Crippen molar-refractivity contribution >= 4 is 11.0 Å². The third-order valence-corrected chi connectivity index (χ3v) is 5.10. The van der Waals surface area contributed by atoms with E-state index < -0.39 is 0 Å². The number of benzene rings is 2. The third kappa shape index (κ3) is 5.82. The van der Waals surface area contributed by atoms with Crippen molar-refractivity contribution in [1.82, 2.24) is 4.57 Å². The molecule has 1 aromatic heterocycles. The van der Waals surface area contributed by atoms with Gasteiger partial charge in [0.2, 0.25) is 6.33 Å². The molecule has 0 fully saturated rings. The van der Waals surface area contributed by atoms with Gasteiger partial charge in [0.05, 0.1) is 6.61 Å². The molecule has 0 aliphatic rings. The molecular formula is C23H31ClN2O. The van der Waals surface area contributed by atoms with Gasteiger partial charge in [-0.3, -0.25) is 0 Å². The van der Waals surface area contributed by atoms with E-state index in [1.807, 2.05) is 0 Å².